The van der Waals surface area contributed by atoms with Gasteiger partial charge in [-0.2, -0.15) is 0 Å². The molecule has 1 unspecified atom stereocenters. The van der Waals surface area contributed by atoms with E-state index in [9.17, 15) is 19.8 Å². The summed E-state index contributed by atoms with van der Waals surface area (Å²) < 4.78 is 5.51. The van der Waals surface area contributed by atoms with Gasteiger partial charge in [0.2, 0.25) is 0 Å². The summed E-state index contributed by atoms with van der Waals surface area (Å²) in [6.07, 6.45) is 0. The third-order valence-corrected chi connectivity index (χ3v) is 5.76. The third-order valence-electron chi connectivity index (χ3n) is 5.45. The van der Waals surface area contributed by atoms with Gasteiger partial charge in [-0.15, -0.1) is 0 Å². The fraction of sp³-hybridized carbons (Fsp3) is 0.154. The molecule has 1 atom stereocenters. The number of hydrogen-bond acceptors (Lipinski definition) is 5. The Morgan fingerprint density at radius 1 is 1.06 bits per heavy atom. The Labute approximate surface area is 196 Å². The molecule has 0 aromatic heterocycles. The fourth-order valence-electron chi connectivity index (χ4n) is 3.89. The van der Waals surface area contributed by atoms with Crippen LogP contribution in [-0.4, -0.2) is 28.5 Å². The van der Waals surface area contributed by atoms with Gasteiger partial charge in [-0.3, -0.25) is 14.5 Å². The molecule has 168 valence electrons. The van der Waals surface area contributed by atoms with Crippen LogP contribution in [0.25, 0.3) is 5.76 Å². The number of aryl methyl sites for hydroxylation is 1. The molecule has 4 rings (SSSR count). The molecular formula is C26H22ClNO5. The zero-order chi connectivity index (χ0) is 23.7. The number of rotatable bonds is 5. The van der Waals surface area contributed by atoms with Crippen molar-refractivity contribution in [3.05, 3.63) is 94.0 Å². The van der Waals surface area contributed by atoms with Crippen LogP contribution in [0, 0.1) is 6.92 Å². The van der Waals surface area contributed by atoms with Crippen molar-refractivity contribution in [1.29, 1.82) is 0 Å². The first kappa shape index (κ1) is 22.4. The number of carbonyl (C=O) groups excluding carboxylic acids is 2. The van der Waals surface area contributed by atoms with Crippen LogP contribution in [0.15, 0.2) is 72.3 Å². The molecule has 0 saturated carbocycles. The van der Waals surface area contributed by atoms with Crippen molar-refractivity contribution in [3.8, 4) is 11.5 Å². The second kappa shape index (κ2) is 9.00. The van der Waals surface area contributed by atoms with Crippen LogP contribution >= 0.6 is 11.6 Å². The van der Waals surface area contributed by atoms with E-state index in [1.54, 1.807) is 43.3 Å². The first-order valence-electron chi connectivity index (χ1n) is 10.4. The van der Waals surface area contributed by atoms with E-state index in [2.05, 4.69) is 0 Å². The summed E-state index contributed by atoms with van der Waals surface area (Å²) in [5, 5.41) is 21.6. The number of carbonyl (C=O) groups is 2. The molecule has 3 aromatic carbocycles. The number of ketones is 1. The number of phenolic OH excluding ortho intramolecular Hbond substituents is 1. The molecule has 0 spiro atoms. The highest BCUT2D eigenvalue weighted by atomic mass is 35.5. The van der Waals surface area contributed by atoms with Crippen molar-refractivity contribution >= 4 is 34.7 Å². The normalized spacial score (nSPS) is 17.4. The van der Waals surface area contributed by atoms with Crippen molar-refractivity contribution in [2.45, 2.75) is 19.9 Å². The van der Waals surface area contributed by atoms with Gasteiger partial charge in [0.05, 0.1) is 23.2 Å². The average Bonchev–Trinajstić information content (AvgIpc) is 3.06. The molecule has 1 fully saturated rings. The maximum Gasteiger partial charge on any atom is 0.300 e. The van der Waals surface area contributed by atoms with E-state index in [-0.39, 0.29) is 22.6 Å². The van der Waals surface area contributed by atoms with Gasteiger partial charge >= 0.3 is 0 Å². The molecule has 7 heteroatoms. The van der Waals surface area contributed by atoms with Gasteiger partial charge < -0.3 is 14.9 Å². The fourth-order valence-corrected chi connectivity index (χ4v) is 4.06. The first-order valence-corrected chi connectivity index (χ1v) is 10.8. The van der Waals surface area contributed by atoms with Crippen LogP contribution in [0.3, 0.4) is 0 Å². The van der Waals surface area contributed by atoms with Gasteiger partial charge in [0.15, 0.2) is 0 Å². The average molecular weight is 464 g/mol. The second-order valence-electron chi connectivity index (χ2n) is 7.68. The summed E-state index contributed by atoms with van der Waals surface area (Å²) in [5.74, 6) is -1.62. The maximum absolute atomic E-state index is 13.2. The van der Waals surface area contributed by atoms with Gasteiger partial charge in [-0.05, 0) is 61.9 Å². The molecule has 6 nitrogen and oxygen atoms in total. The molecule has 1 heterocycles. The SMILES string of the molecule is CCOc1cc(/C(O)=C2/C(=O)C(=O)N(c3ccc(C)cc3)C2c2cccc(O)c2)ccc1Cl. The van der Waals surface area contributed by atoms with Crippen LogP contribution in [-0.2, 0) is 9.59 Å². The van der Waals surface area contributed by atoms with Crippen molar-refractivity contribution in [2.24, 2.45) is 0 Å². The molecule has 1 amide bonds. The number of halogens is 1. The standard InChI is InChI=1S/C26H22ClNO5/c1-3-33-21-14-17(9-12-20(21)27)24(30)22-23(16-5-4-6-19(29)13-16)28(26(32)25(22)31)18-10-7-15(2)8-11-18/h4-14,23,29-30H,3H2,1-2H3/b24-22-. The smallest absolute Gasteiger partial charge is 0.300 e. The van der Waals surface area contributed by atoms with Crippen molar-refractivity contribution in [1.82, 2.24) is 0 Å². The third kappa shape index (κ3) is 4.17. The number of aliphatic hydroxyl groups excluding tert-OH is 1. The molecule has 0 radical (unpaired) electrons. The lowest BCUT2D eigenvalue weighted by molar-refractivity contribution is -0.132. The molecule has 1 saturated heterocycles. The number of amides is 1. The summed E-state index contributed by atoms with van der Waals surface area (Å²) in [6.45, 7) is 4.09. The second-order valence-corrected chi connectivity index (χ2v) is 8.09. The Hall–Kier alpha value is -3.77. The topological polar surface area (TPSA) is 87.1 Å². The van der Waals surface area contributed by atoms with Crippen molar-refractivity contribution in [2.75, 3.05) is 11.5 Å². The van der Waals surface area contributed by atoms with Crippen LogP contribution in [0.4, 0.5) is 5.69 Å². The van der Waals surface area contributed by atoms with Crippen LogP contribution < -0.4 is 9.64 Å². The molecule has 1 aliphatic heterocycles. The van der Waals surface area contributed by atoms with E-state index in [1.807, 2.05) is 19.1 Å². The Kier molecular flexibility index (Phi) is 6.11. The van der Waals surface area contributed by atoms with Gasteiger partial charge in [0, 0.05) is 11.3 Å². The van der Waals surface area contributed by atoms with Gasteiger partial charge in [0.25, 0.3) is 11.7 Å². The van der Waals surface area contributed by atoms with Crippen molar-refractivity contribution < 1.29 is 24.5 Å². The molecule has 0 bridgehead atoms. The predicted octanol–water partition coefficient (Wildman–Crippen LogP) is 5.38. The minimum Gasteiger partial charge on any atom is -0.508 e. The Morgan fingerprint density at radius 2 is 1.79 bits per heavy atom. The number of Topliss-reactive ketones (excluding diaryl/α,β-unsaturated/α-hetero) is 1. The Morgan fingerprint density at radius 3 is 2.45 bits per heavy atom. The van der Waals surface area contributed by atoms with E-state index in [0.29, 0.717) is 28.6 Å². The van der Waals surface area contributed by atoms with E-state index in [4.69, 9.17) is 16.3 Å². The van der Waals surface area contributed by atoms with Gasteiger partial charge in [-0.25, -0.2) is 0 Å². The lowest BCUT2D eigenvalue weighted by atomic mass is 9.95. The van der Waals surface area contributed by atoms with Crippen LogP contribution in [0.5, 0.6) is 11.5 Å². The largest absolute Gasteiger partial charge is 0.508 e. The van der Waals surface area contributed by atoms with E-state index in [0.717, 1.165) is 5.56 Å². The Bertz CT molecular complexity index is 1270. The highest BCUT2D eigenvalue weighted by Crippen LogP contribution is 2.43. The molecular weight excluding hydrogens is 442 g/mol. The lowest BCUT2D eigenvalue weighted by Crippen LogP contribution is -2.29. The monoisotopic (exact) mass is 463 g/mol. The van der Waals surface area contributed by atoms with E-state index >= 15 is 0 Å². The first-order chi connectivity index (χ1) is 15.8. The predicted molar refractivity (Wildman–Crippen MR) is 127 cm³/mol. The Balaban J connectivity index is 1.93. The minimum atomic E-state index is -0.939. The zero-order valence-corrected chi connectivity index (χ0v) is 18.8. The highest BCUT2D eigenvalue weighted by molar-refractivity contribution is 6.51. The highest BCUT2D eigenvalue weighted by Gasteiger charge is 2.47. The number of aliphatic hydroxyl groups is 1. The minimum absolute atomic E-state index is 0.0212. The maximum atomic E-state index is 13.2. The van der Waals surface area contributed by atoms with E-state index < -0.39 is 17.7 Å². The summed E-state index contributed by atoms with van der Waals surface area (Å²) >= 11 is 6.17. The quantitative estimate of drug-likeness (QED) is 0.301. The van der Waals surface area contributed by atoms with E-state index in [1.165, 1.54) is 23.1 Å². The number of hydrogen-bond donors (Lipinski definition) is 2. The molecule has 0 aliphatic carbocycles. The zero-order valence-electron chi connectivity index (χ0n) is 18.1. The number of ether oxygens (including phenoxy) is 1. The summed E-state index contributed by atoms with van der Waals surface area (Å²) in [6, 6.07) is 17.1. The lowest BCUT2D eigenvalue weighted by Gasteiger charge is -2.25. The summed E-state index contributed by atoms with van der Waals surface area (Å²) in [5.41, 5.74) is 2.18. The molecule has 3 aromatic rings. The number of benzene rings is 3. The number of anilines is 1. The number of phenols is 1. The molecule has 2 N–H and O–H groups in total. The summed E-state index contributed by atoms with van der Waals surface area (Å²) in [4.78, 5) is 27.7. The number of aromatic hydroxyl groups is 1. The summed E-state index contributed by atoms with van der Waals surface area (Å²) in [7, 11) is 0. The molecule has 33 heavy (non-hydrogen) atoms. The van der Waals surface area contributed by atoms with Crippen molar-refractivity contribution in [3.63, 3.8) is 0 Å². The van der Waals surface area contributed by atoms with Gasteiger partial charge in [0.1, 0.15) is 17.3 Å². The van der Waals surface area contributed by atoms with Gasteiger partial charge in [-0.1, -0.05) is 41.4 Å². The van der Waals surface area contributed by atoms with Crippen LogP contribution in [0.1, 0.15) is 29.7 Å². The van der Waals surface area contributed by atoms with Crippen LogP contribution in [0.2, 0.25) is 5.02 Å². The number of nitrogens with zero attached hydrogens (tertiary/aromatic N) is 1. The molecule has 1 aliphatic rings.